The second-order valence-electron chi connectivity index (χ2n) is 5.61. The minimum Gasteiger partial charge on any atom is -0.494 e. The summed E-state index contributed by atoms with van der Waals surface area (Å²) in [5.74, 6) is 2.09. The van der Waals surface area contributed by atoms with Crippen LogP contribution < -0.4 is 14.8 Å². The van der Waals surface area contributed by atoms with Crippen molar-refractivity contribution in [1.29, 1.82) is 0 Å². The summed E-state index contributed by atoms with van der Waals surface area (Å²) < 4.78 is 11.6. The molecule has 1 N–H and O–H groups in total. The number of hydrogen-bond donors (Lipinski definition) is 1. The zero-order chi connectivity index (χ0) is 13.2. The molecule has 1 fully saturated rings. The van der Waals surface area contributed by atoms with Crippen LogP contribution in [0.25, 0.3) is 0 Å². The van der Waals surface area contributed by atoms with Crippen LogP contribution in [0.15, 0.2) is 12.1 Å². The molecule has 1 heterocycles. The van der Waals surface area contributed by atoms with E-state index in [1.807, 2.05) is 6.92 Å². The molecule has 2 aliphatic rings. The molecule has 104 valence electrons. The molecule has 0 saturated heterocycles. The number of rotatable bonds is 6. The quantitative estimate of drug-likeness (QED) is 0.854. The standard InChI is InChI=1S/C16H23NO2/c1-3-18-15-10-13-8-11(2)19-16(13)9-12(15)6-7-17-14-4-5-14/h9-11,14,17H,3-8H2,1-2H3. The van der Waals surface area contributed by atoms with Crippen molar-refractivity contribution in [2.24, 2.45) is 0 Å². The van der Waals surface area contributed by atoms with E-state index in [-0.39, 0.29) is 0 Å². The first-order valence-electron chi connectivity index (χ1n) is 7.45. The van der Waals surface area contributed by atoms with Crippen LogP contribution in [0.4, 0.5) is 0 Å². The van der Waals surface area contributed by atoms with E-state index in [1.165, 1.54) is 24.0 Å². The number of fused-ring (bicyclic) bond motifs is 1. The molecule has 1 unspecified atom stereocenters. The Morgan fingerprint density at radius 1 is 1.37 bits per heavy atom. The van der Waals surface area contributed by atoms with Gasteiger partial charge in [0.05, 0.1) is 6.61 Å². The Labute approximate surface area is 115 Å². The van der Waals surface area contributed by atoms with Crippen LogP contribution in [0.1, 0.15) is 37.8 Å². The summed E-state index contributed by atoms with van der Waals surface area (Å²) in [5, 5.41) is 3.55. The molecule has 0 bridgehead atoms. The minimum atomic E-state index is 0.296. The highest BCUT2D eigenvalue weighted by molar-refractivity contribution is 5.48. The molecular weight excluding hydrogens is 238 g/mol. The molecule has 1 aliphatic heterocycles. The average molecular weight is 261 g/mol. The van der Waals surface area contributed by atoms with E-state index in [1.54, 1.807) is 0 Å². The van der Waals surface area contributed by atoms with Crippen LogP contribution in [0.3, 0.4) is 0 Å². The van der Waals surface area contributed by atoms with Crippen molar-refractivity contribution < 1.29 is 9.47 Å². The average Bonchev–Trinajstić information content (AvgIpc) is 3.11. The van der Waals surface area contributed by atoms with Crippen molar-refractivity contribution in [3.8, 4) is 11.5 Å². The predicted molar refractivity (Wildman–Crippen MR) is 76.1 cm³/mol. The molecule has 0 aromatic heterocycles. The fourth-order valence-electron chi connectivity index (χ4n) is 2.67. The van der Waals surface area contributed by atoms with Gasteiger partial charge in [0.25, 0.3) is 0 Å². The van der Waals surface area contributed by atoms with Gasteiger partial charge in [-0.3, -0.25) is 0 Å². The summed E-state index contributed by atoms with van der Waals surface area (Å²) in [5.41, 5.74) is 2.55. The van der Waals surface area contributed by atoms with Gasteiger partial charge in [-0.05, 0) is 57.4 Å². The summed E-state index contributed by atoms with van der Waals surface area (Å²) in [6.45, 7) is 5.91. The summed E-state index contributed by atoms with van der Waals surface area (Å²) in [7, 11) is 0. The lowest BCUT2D eigenvalue weighted by Crippen LogP contribution is -2.19. The number of nitrogens with one attached hydrogen (secondary N) is 1. The molecule has 3 rings (SSSR count). The van der Waals surface area contributed by atoms with Crippen LogP contribution in [0.5, 0.6) is 11.5 Å². The summed E-state index contributed by atoms with van der Waals surface area (Å²) in [6.07, 6.45) is 4.98. The normalized spacial score (nSPS) is 21.1. The van der Waals surface area contributed by atoms with E-state index >= 15 is 0 Å². The Morgan fingerprint density at radius 3 is 2.95 bits per heavy atom. The molecule has 1 aromatic rings. The van der Waals surface area contributed by atoms with E-state index in [0.717, 1.165) is 43.5 Å². The van der Waals surface area contributed by atoms with Crippen molar-refractivity contribution in [2.75, 3.05) is 13.2 Å². The van der Waals surface area contributed by atoms with Gasteiger partial charge >= 0.3 is 0 Å². The van der Waals surface area contributed by atoms with Crippen molar-refractivity contribution in [3.05, 3.63) is 23.3 Å². The first-order valence-corrected chi connectivity index (χ1v) is 7.45. The van der Waals surface area contributed by atoms with Crippen LogP contribution in [0.2, 0.25) is 0 Å². The number of ether oxygens (including phenoxy) is 2. The third-order valence-electron chi connectivity index (χ3n) is 3.78. The van der Waals surface area contributed by atoms with Gasteiger partial charge in [-0.25, -0.2) is 0 Å². The zero-order valence-corrected chi connectivity index (χ0v) is 11.9. The van der Waals surface area contributed by atoms with Crippen LogP contribution in [-0.2, 0) is 12.8 Å². The van der Waals surface area contributed by atoms with E-state index in [2.05, 4.69) is 24.4 Å². The number of benzene rings is 1. The van der Waals surface area contributed by atoms with Crippen molar-refractivity contribution in [2.45, 2.75) is 51.7 Å². The van der Waals surface area contributed by atoms with Crippen LogP contribution >= 0.6 is 0 Å². The summed E-state index contributed by atoms with van der Waals surface area (Å²) in [6, 6.07) is 5.12. The van der Waals surface area contributed by atoms with Crippen molar-refractivity contribution in [3.63, 3.8) is 0 Å². The van der Waals surface area contributed by atoms with Gasteiger partial charge in [-0.2, -0.15) is 0 Å². The molecule has 0 spiro atoms. The third-order valence-corrected chi connectivity index (χ3v) is 3.78. The van der Waals surface area contributed by atoms with Gasteiger partial charge in [-0.15, -0.1) is 0 Å². The molecule has 19 heavy (non-hydrogen) atoms. The first kappa shape index (κ1) is 12.8. The second-order valence-corrected chi connectivity index (χ2v) is 5.61. The Hall–Kier alpha value is -1.22. The lowest BCUT2D eigenvalue weighted by molar-refractivity contribution is 0.254. The molecule has 3 nitrogen and oxygen atoms in total. The molecule has 3 heteroatoms. The highest BCUT2D eigenvalue weighted by Crippen LogP contribution is 2.35. The molecule has 1 aromatic carbocycles. The summed E-state index contributed by atoms with van der Waals surface area (Å²) >= 11 is 0. The van der Waals surface area contributed by atoms with Crippen LogP contribution in [-0.4, -0.2) is 25.3 Å². The van der Waals surface area contributed by atoms with Gasteiger partial charge in [0.15, 0.2) is 0 Å². The highest BCUT2D eigenvalue weighted by atomic mass is 16.5. The maximum Gasteiger partial charge on any atom is 0.123 e. The highest BCUT2D eigenvalue weighted by Gasteiger charge is 2.23. The molecule has 0 radical (unpaired) electrons. The topological polar surface area (TPSA) is 30.5 Å². The van der Waals surface area contributed by atoms with Crippen molar-refractivity contribution in [1.82, 2.24) is 5.32 Å². The van der Waals surface area contributed by atoms with Gasteiger partial charge in [0, 0.05) is 18.0 Å². The Morgan fingerprint density at radius 2 is 2.21 bits per heavy atom. The van der Waals surface area contributed by atoms with Gasteiger partial charge in [0.2, 0.25) is 0 Å². The zero-order valence-electron chi connectivity index (χ0n) is 11.9. The van der Waals surface area contributed by atoms with E-state index in [4.69, 9.17) is 9.47 Å². The maximum atomic E-state index is 5.84. The van der Waals surface area contributed by atoms with E-state index in [0.29, 0.717) is 6.10 Å². The van der Waals surface area contributed by atoms with E-state index in [9.17, 15) is 0 Å². The maximum absolute atomic E-state index is 5.84. The first-order chi connectivity index (χ1) is 9.26. The minimum absolute atomic E-state index is 0.296. The van der Waals surface area contributed by atoms with Gasteiger partial charge < -0.3 is 14.8 Å². The molecule has 1 saturated carbocycles. The van der Waals surface area contributed by atoms with Crippen LogP contribution in [0, 0.1) is 0 Å². The lowest BCUT2D eigenvalue weighted by atomic mass is 10.0. The lowest BCUT2D eigenvalue weighted by Gasteiger charge is -2.13. The smallest absolute Gasteiger partial charge is 0.123 e. The molecule has 0 amide bonds. The van der Waals surface area contributed by atoms with Gasteiger partial charge in [0.1, 0.15) is 17.6 Å². The van der Waals surface area contributed by atoms with Gasteiger partial charge in [-0.1, -0.05) is 0 Å². The molecule has 1 atom stereocenters. The predicted octanol–water partition coefficient (Wildman–Crippen LogP) is 2.70. The second kappa shape index (κ2) is 5.41. The van der Waals surface area contributed by atoms with Crippen molar-refractivity contribution >= 4 is 0 Å². The SMILES string of the molecule is CCOc1cc2c(cc1CCNC1CC1)OC(C)C2. The Bertz CT molecular complexity index is 454. The third kappa shape index (κ3) is 3.03. The summed E-state index contributed by atoms with van der Waals surface area (Å²) in [4.78, 5) is 0. The monoisotopic (exact) mass is 261 g/mol. The van der Waals surface area contributed by atoms with E-state index < -0.39 is 0 Å². The Balaban J connectivity index is 1.73. The largest absolute Gasteiger partial charge is 0.494 e. The number of hydrogen-bond acceptors (Lipinski definition) is 3. The Kier molecular flexibility index (Phi) is 3.65. The fourth-order valence-corrected chi connectivity index (χ4v) is 2.67. The molecule has 1 aliphatic carbocycles. The molecular formula is C16H23NO2. The fraction of sp³-hybridized carbons (Fsp3) is 0.625.